The Balaban J connectivity index is 2.11. The van der Waals surface area contributed by atoms with Crippen LogP contribution in [0.25, 0.3) is 0 Å². The van der Waals surface area contributed by atoms with Crippen molar-refractivity contribution in [2.45, 2.75) is 25.3 Å². The van der Waals surface area contributed by atoms with Crippen LogP contribution < -0.4 is 0 Å². The van der Waals surface area contributed by atoms with E-state index in [0.29, 0.717) is 12.6 Å². The standard InChI is InChI=1S/C8H14N2O/c11-6-7-2-3-8-9-4-1-5-10(7)8/h7,11H,1-6H2/t7-/m0/s1. The summed E-state index contributed by atoms with van der Waals surface area (Å²) in [6.45, 7) is 2.38. The molecule has 3 heteroatoms. The average Bonchev–Trinajstić information content (AvgIpc) is 2.47. The lowest BCUT2D eigenvalue weighted by molar-refractivity contribution is 0.188. The lowest BCUT2D eigenvalue weighted by Crippen LogP contribution is -2.38. The highest BCUT2D eigenvalue weighted by molar-refractivity contribution is 5.85. The summed E-state index contributed by atoms with van der Waals surface area (Å²) in [5, 5.41) is 9.01. The molecule has 0 aromatic heterocycles. The zero-order valence-electron chi connectivity index (χ0n) is 6.66. The fourth-order valence-electron chi connectivity index (χ4n) is 1.93. The molecule has 0 aromatic carbocycles. The van der Waals surface area contributed by atoms with Crippen molar-refractivity contribution in [3.05, 3.63) is 0 Å². The van der Waals surface area contributed by atoms with Crippen LogP contribution in [-0.2, 0) is 0 Å². The van der Waals surface area contributed by atoms with Crippen molar-refractivity contribution in [3.63, 3.8) is 0 Å². The molecule has 0 unspecified atom stereocenters. The number of aliphatic hydroxyl groups is 1. The van der Waals surface area contributed by atoms with Crippen molar-refractivity contribution in [2.75, 3.05) is 19.7 Å². The molecule has 2 aliphatic heterocycles. The molecular weight excluding hydrogens is 140 g/mol. The van der Waals surface area contributed by atoms with Crippen LogP contribution >= 0.6 is 0 Å². The molecule has 0 saturated carbocycles. The zero-order valence-corrected chi connectivity index (χ0v) is 6.66. The second kappa shape index (κ2) is 2.81. The van der Waals surface area contributed by atoms with E-state index >= 15 is 0 Å². The van der Waals surface area contributed by atoms with Crippen LogP contribution in [0.3, 0.4) is 0 Å². The summed E-state index contributed by atoms with van der Waals surface area (Å²) in [6, 6.07) is 0.369. The average molecular weight is 154 g/mol. The van der Waals surface area contributed by atoms with Gasteiger partial charge in [-0.25, -0.2) is 0 Å². The van der Waals surface area contributed by atoms with Gasteiger partial charge in [0, 0.05) is 19.5 Å². The minimum atomic E-state index is 0.291. The molecule has 2 heterocycles. The SMILES string of the molecule is OC[C@@H]1CCC2=NCCCN21. The van der Waals surface area contributed by atoms with Gasteiger partial charge in [0.2, 0.25) is 0 Å². The Kier molecular flexibility index (Phi) is 1.82. The molecule has 1 atom stereocenters. The highest BCUT2D eigenvalue weighted by Gasteiger charge is 2.29. The normalized spacial score (nSPS) is 30.1. The minimum absolute atomic E-state index is 0.291. The Morgan fingerprint density at radius 1 is 1.64 bits per heavy atom. The molecule has 1 N–H and O–H groups in total. The van der Waals surface area contributed by atoms with Crippen LogP contribution in [0.4, 0.5) is 0 Å². The third-order valence-electron chi connectivity index (χ3n) is 2.54. The summed E-state index contributed by atoms with van der Waals surface area (Å²) in [7, 11) is 0. The second-order valence-corrected chi connectivity index (χ2v) is 3.22. The number of rotatable bonds is 1. The largest absolute Gasteiger partial charge is 0.394 e. The molecule has 3 nitrogen and oxygen atoms in total. The van der Waals surface area contributed by atoms with Crippen molar-refractivity contribution in [1.82, 2.24) is 4.90 Å². The first kappa shape index (κ1) is 7.10. The van der Waals surface area contributed by atoms with E-state index < -0.39 is 0 Å². The first-order valence-electron chi connectivity index (χ1n) is 4.32. The maximum atomic E-state index is 9.01. The Bertz CT molecular complexity index is 179. The number of hydrogen-bond donors (Lipinski definition) is 1. The molecule has 0 bridgehead atoms. The van der Waals surface area contributed by atoms with Gasteiger partial charge in [0.15, 0.2) is 0 Å². The van der Waals surface area contributed by atoms with Crippen LogP contribution in [0.5, 0.6) is 0 Å². The predicted molar refractivity (Wildman–Crippen MR) is 43.7 cm³/mol. The Morgan fingerprint density at radius 3 is 3.36 bits per heavy atom. The lowest BCUT2D eigenvalue weighted by atomic mass is 10.2. The van der Waals surface area contributed by atoms with Gasteiger partial charge < -0.3 is 10.0 Å². The van der Waals surface area contributed by atoms with Crippen molar-refractivity contribution >= 4 is 5.84 Å². The molecule has 0 aromatic rings. The van der Waals surface area contributed by atoms with E-state index in [1.165, 1.54) is 5.84 Å². The fraction of sp³-hybridized carbons (Fsp3) is 0.875. The summed E-state index contributed by atoms with van der Waals surface area (Å²) in [4.78, 5) is 6.69. The number of fused-ring (bicyclic) bond motifs is 1. The van der Waals surface area contributed by atoms with Crippen LogP contribution in [0, 0.1) is 0 Å². The molecule has 0 amide bonds. The monoisotopic (exact) mass is 154 g/mol. The van der Waals surface area contributed by atoms with E-state index in [4.69, 9.17) is 5.11 Å². The topological polar surface area (TPSA) is 35.8 Å². The lowest BCUT2D eigenvalue weighted by Gasteiger charge is -2.28. The minimum Gasteiger partial charge on any atom is -0.394 e. The van der Waals surface area contributed by atoms with Crippen LogP contribution in [-0.4, -0.2) is 41.6 Å². The van der Waals surface area contributed by atoms with Crippen molar-refractivity contribution in [2.24, 2.45) is 4.99 Å². The molecule has 1 fully saturated rings. The molecular formula is C8H14N2O. The van der Waals surface area contributed by atoms with Crippen LogP contribution in [0.15, 0.2) is 4.99 Å². The van der Waals surface area contributed by atoms with Gasteiger partial charge in [0.1, 0.15) is 0 Å². The van der Waals surface area contributed by atoms with Crippen molar-refractivity contribution in [1.29, 1.82) is 0 Å². The van der Waals surface area contributed by atoms with Gasteiger partial charge in [-0.1, -0.05) is 0 Å². The number of aliphatic imine (C=N–C) groups is 1. The summed E-state index contributed by atoms with van der Waals surface area (Å²) in [5.74, 6) is 1.23. The molecule has 0 spiro atoms. The molecule has 2 aliphatic rings. The van der Waals surface area contributed by atoms with Crippen LogP contribution in [0.2, 0.25) is 0 Å². The maximum absolute atomic E-state index is 9.01. The first-order valence-corrected chi connectivity index (χ1v) is 4.32. The molecule has 2 rings (SSSR count). The highest BCUT2D eigenvalue weighted by atomic mass is 16.3. The Morgan fingerprint density at radius 2 is 2.55 bits per heavy atom. The van der Waals surface area contributed by atoms with E-state index in [-0.39, 0.29) is 0 Å². The van der Waals surface area contributed by atoms with Gasteiger partial charge in [0.25, 0.3) is 0 Å². The maximum Gasteiger partial charge on any atom is 0.0993 e. The van der Waals surface area contributed by atoms with E-state index in [1.54, 1.807) is 0 Å². The molecule has 62 valence electrons. The number of amidine groups is 1. The molecule has 0 radical (unpaired) electrons. The smallest absolute Gasteiger partial charge is 0.0993 e. The van der Waals surface area contributed by atoms with Gasteiger partial charge in [-0.15, -0.1) is 0 Å². The van der Waals surface area contributed by atoms with E-state index in [0.717, 1.165) is 32.4 Å². The summed E-state index contributed by atoms with van der Waals surface area (Å²) in [6.07, 6.45) is 3.32. The van der Waals surface area contributed by atoms with Crippen molar-refractivity contribution < 1.29 is 5.11 Å². The quantitative estimate of drug-likeness (QED) is 0.587. The summed E-state index contributed by atoms with van der Waals surface area (Å²) in [5.41, 5.74) is 0. The number of hydrogen-bond acceptors (Lipinski definition) is 3. The molecule has 0 aliphatic carbocycles. The third kappa shape index (κ3) is 1.13. The number of nitrogens with zero attached hydrogens (tertiary/aromatic N) is 2. The van der Waals surface area contributed by atoms with Gasteiger partial charge in [-0.05, 0) is 12.8 Å². The third-order valence-corrected chi connectivity index (χ3v) is 2.54. The van der Waals surface area contributed by atoms with Gasteiger partial charge in [-0.3, -0.25) is 4.99 Å². The Labute approximate surface area is 66.7 Å². The van der Waals surface area contributed by atoms with Crippen molar-refractivity contribution in [3.8, 4) is 0 Å². The zero-order chi connectivity index (χ0) is 7.68. The second-order valence-electron chi connectivity index (χ2n) is 3.22. The Hall–Kier alpha value is -0.570. The molecule has 1 saturated heterocycles. The van der Waals surface area contributed by atoms with E-state index in [9.17, 15) is 0 Å². The van der Waals surface area contributed by atoms with Crippen LogP contribution in [0.1, 0.15) is 19.3 Å². The molecule has 11 heavy (non-hydrogen) atoms. The van der Waals surface area contributed by atoms with Gasteiger partial charge >= 0.3 is 0 Å². The predicted octanol–water partition coefficient (Wildman–Crippen LogP) is 0.245. The highest BCUT2D eigenvalue weighted by Crippen LogP contribution is 2.22. The van der Waals surface area contributed by atoms with Gasteiger partial charge in [-0.2, -0.15) is 0 Å². The summed E-state index contributed by atoms with van der Waals surface area (Å²) < 4.78 is 0. The van der Waals surface area contributed by atoms with E-state index in [2.05, 4.69) is 9.89 Å². The first-order chi connectivity index (χ1) is 5.42. The fourth-order valence-corrected chi connectivity index (χ4v) is 1.93. The number of aliphatic hydroxyl groups excluding tert-OH is 1. The summed E-state index contributed by atoms with van der Waals surface area (Å²) >= 11 is 0. The van der Waals surface area contributed by atoms with Gasteiger partial charge in [0.05, 0.1) is 18.5 Å². The van der Waals surface area contributed by atoms with E-state index in [1.807, 2.05) is 0 Å².